The van der Waals surface area contributed by atoms with Crippen LogP contribution in [0.4, 0.5) is 10.1 Å². The first-order valence-electron chi connectivity index (χ1n) is 7.98. The highest BCUT2D eigenvalue weighted by Gasteiger charge is 2.28. The summed E-state index contributed by atoms with van der Waals surface area (Å²) >= 11 is 0. The van der Waals surface area contributed by atoms with Crippen LogP contribution in [0.2, 0.25) is 0 Å². The predicted octanol–water partition coefficient (Wildman–Crippen LogP) is 2.32. The molecule has 1 amide bonds. The molecule has 3 rings (SSSR count). The minimum absolute atomic E-state index is 0.0874. The van der Waals surface area contributed by atoms with E-state index in [1.54, 1.807) is 23.0 Å². The van der Waals surface area contributed by atoms with Crippen molar-refractivity contribution < 1.29 is 9.18 Å². The normalized spacial score (nSPS) is 16.4. The number of benzene rings is 1. The van der Waals surface area contributed by atoms with Crippen molar-refractivity contribution in [1.82, 2.24) is 14.7 Å². The molecule has 1 atom stereocenters. The number of aromatic nitrogens is 2. The van der Waals surface area contributed by atoms with Crippen LogP contribution in [-0.4, -0.2) is 46.8 Å². The summed E-state index contributed by atoms with van der Waals surface area (Å²) in [5.41, 5.74) is 0.610. The van der Waals surface area contributed by atoms with E-state index >= 15 is 0 Å². The Bertz CT molecular complexity index is 650. The summed E-state index contributed by atoms with van der Waals surface area (Å²) < 4.78 is 15.6. The molecule has 0 N–H and O–H groups in total. The molecule has 2 heterocycles. The van der Waals surface area contributed by atoms with E-state index < -0.39 is 0 Å². The number of carbonyl (C=O) groups excluding carboxylic acids is 1. The van der Waals surface area contributed by atoms with Gasteiger partial charge in [-0.15, -0.1) is 0 Å². The number of rotatable bonds is 4. The highest BCUT2D eigenvalue weighted by molar-refractivity contribution is 5.80. The Hall–Kier alpha value is -2.37. The second kappa shape index (κ2) is 6.81. The number of halogens is 1. The molecule has 1 fully saturated rings. The molecule has 0 unspecified atom stereocenters. The summed E-state index contributed by atoms with van der Waals surface area (Å²) in [7, 11) is 0. The zero-order valence-corrected chi connectivity index (χ0v) is 13.2. The number of carbonyl (C=O) groups is 1. The second-order valence-corrected chi connectivity index (χ2v) is 5.67. The third-order valence-corrected chi connectivity index (χ3v) is 4.30. The number of piperazine rings is 1. The van der Waals surface area contributed by atoms with Gasteiger partial charge in [-0.2, -0.15) is 5.10 Å². The Morgan fingerprint density at radius 3 is 2.57 bits per heavy atom. The number of hydrogen-bond acceptors (Lipinski definition) is 3. The lowest BCUT2D eigenvalue weighted by Crippen LogP contribution is -2.50. The van der Waals surface area contributed by atoms with Crippen molar-refractivity contribution in [2.45, 2.75) is 19.4 Å². The SMILES string of the molecule is CC[C@H](C(=O)N1CCN(c2ccccc2F)CC1)n1cccn1. The maximum Gasteiger partial charge on any atom is 0.247 e. The van der Waals surface area contributed by atoms with Crippen molar-refractivity contribution in [2.24, 2.45) is 0 Å². The van der Waals surface area contributed by atoms with Gasteiger partial charge >= 0.3 is 0 Å². The molecule has 1 aromatic heterocycles. The van der Waals surface area contributed by atoms with Crippen LogP contribution in [0.25, 0.3) is 0 Å². The van der Waals surface area contributed by atoms with Gasteiger partial charge in [0.15, 0.2) is 0 Å². The van der Waals surface area contributed by atoms with Crippen LogP contribution >= 0.6 is 0 Å². The van der Waals surface area contributed by atoms with E-state index in [-0.39, 0.29) is 17.8 Å². The molecule has 0 aliphatic carbocycles. The molecular weight excluding hydrogens is 295 g/mol. The lowest BCUT2D eigenvalue weighted by molar-refractivity contribution is -0.135. The van der Waals surface area contributed by atoms with Crippen molar-refractivity contribution in [3.63, 3.8) is 0 Å². The van der Waals surface area contributed by atoms with Crippen molar-refractivity contribution in [3.05, 3.63) is 48.5 Å². The lowest BCUT2D eigenvalue weighted by Gasteiger charge is -2.37. The van der Waals surface area contributed by atoms with Crippen LogP contribution in [-0.2, 0) is 4.79 Å². The van der Waals surface area contributed by atoms with Gasteiger partial charge < -0.3 is 9.80 Å². The molecule has 2 aromatic rings. The number of anilines is 1. The summed E-state index contributed by atoms with van der Waals surface area (Å²) in [6.45, 7) is 4.47. The third-order valence-electron chi connectivity index (χ3n) is 4.30. The van der Waals surface area contributed by atoms with Crippen LogP contribution in [0.5, 0.6) is 0 Å². The van der Waals surface area contributed by atoms with Gasteiger partial charge in [-0.3, -0.25) is 9.48 Å². The molecule has 1 aliphatic heterocycles. The number of nitrogens with zero attached hydrogens (tertiary/aromatic N) is 4. The van der Waals surface area contributed by atoms with Gasteiger partial charge in [0, 0.05) is 38.6 Å². The number of amides is 1. The predicted molar refractivity (Wildman–Crippen MR) is 86.7 cm³/mol. The molecule has 23 heavy (non-hydrogen) atoms. The van der Waals surface area contributed by atoms with Gasteiger partial charge in [-0.1, -0.05) is 19.1 Å². The van der Waals surface area contributed by atoms with Crippen LogP contribution in [0.1, 0.15) is 19.4 Å². The van der Waals surface area contributed by atoms with Gasteiger partial charge in [0.05, 0.1) is 5.69 Å². The Balaban J connectivity index is 1.64. The fourth-order valence-electron chi connectivity index (χ4n) is 3.03. The van der Waals surface area contributed by atoms with Crippen LogP contribution in [0, 0.1) is 5.82 Å². The highest BCUT2D eigenvalue weighted by Crippen LogP contribution is 2.21. The monoisotopic (exact) mass is 316 g/mol. The fourth-order valence-corrected chi connectivity index (χ4v) is 3.03. The van der Waals surface area contributed by atoms with Crippen molar-refractivity contribution in [1.29, 1.82) is 0 Å². The highest BCUT2D eigenvalue weighted by atomic mass is 19.1. The topological polar surface area (TPSA) is 41.4 Å². The van der Waals surface area contributed by atoms with Gasteiger partial charge in [-0.05, 0) is 24.6 Å². The summed E-state index contributed by atoms with van der Waals surface area (Å²) in [5, 5.41) is 4.19. The summed E-state index contributed by atoms with van der Waals surface area (Å²) in [4.78, 5) is 16.6. The van der Waals surface area contributed by atoms with Gasteiger partial charge in [0.1, 0.15) is 11.9 Å². The second-order valence-electron chi connectivity index (χ2n) is 5.67. The van der Waals surface area contributed by atoms with Crippen molar-refractivity contribution >= 4 is 11.6 Å². The molecular formula is C17H21FN4O. The molecule has 122 valence electrons. The van der Waals surface area contributed by atoms with E-state index in [4.69, 9.17) is 0 Å². The maximum atomic E-state index is 13.9. The van der Waals surface area contributed by atoms with E-state index in [2.05, 4.69) is 5.10 Å². The first-order chi connectivity index (χ1) is 11.2. The quantitative estimate of drug-likeness (QED) is 0.869. The van der Waals surface area contributed by atoms with Crippen molar-refractivity contribution in [2.75, 3.05) is 31.1 Å². The standard InChI is InChI=1S/C17H21FN4O/c1-2-15(22-9-5-8-19-22)17(23)21-12-10-20(11-13-21)16-7-4-3-6-14(16)18/h3-9,15H,2,10-13H2,1H3/t15-/m1/s1. The summed E-state index contributed by atoms with van der Waals surface area (Å²) in [6.07, 6.45) is 4.21. The lowest BCUT2D eigenvalue weighted by atomic mass is 10.1. The largest absolute Gasteiger partial charge is 0.366 e. The Morgan fingerprint density at radius 2 is 1.96 bits per heavy atom. The number of para-hydroxylation sites is 1. The smallest absolute Gasteiger partial charge is 0.247 e. The Morgan fingerprint density at radius 1 is 1.22 bits per heavy atom. The van der Waals surface area contributed by atoms with Crippen LogP contribution in [0.15, 0.2) is 42.7 Å². The third kappa shape index (κ3) is 3.21. The first-order valence-corrected chi connectivity index (χ1v) is 7.98. The van der Waals surface area contributed by atoms with Crippen LogP contribution < -0.4 is 4.90 Å². The maximum absolute atomic E-state index is 13.9. The van der Waals surface area contributed by atoms with Crippen molar-refractivity contribution in [3.8, 4) is 0 Å². The first kappa shape index (κ1) is 15.5. The van der Waals surface area contributed by atoms with Gasteiger partial charge in [0.25, 0.3) is 0 Å². The molecule has 0 saturated carbocycles. The Labute approximate surface area is 135 Å². The zero-order valence-electron chi connectivity index (χ0n) is 13.2. The fraction of sp³-hybridized carbons (Fsp3) is 0.412. The molecule has 6 heteroatoms. The van der Waals surface area contributed by atoms with Gasteiger partial charge in [-0.25, -0.2) is 4.39 Å². The minimum Gasteiger partial charge on any atom is -0.366 e. The molecule has 0 radical (unpaired) electrons. The summed E-state index contributed by atoms with van der Waals surface area (Å²) in [5.74, 6) is -0.125. The molecule has 5 nitrogen and oxygen atoms in total. The molecule has 1 aliphatic rings. The Kier molecular flexibility index (Phi) is 4.60. The zero-order chi connectivity index (χ0) is 16.2. The van der Waals surface area contributed by atoms with E-state index in [1.165, 1.54) is 6.07 Å². The molecule has 1 saturated heterocycles. The molecule has 0 spiro atoms. The van der Waals surface area contributed by atoms with E-state index in [1.807, 2.05) is 35.1 Å². The molecule has 0 bridgehead atoms. The minimum atomic E-state index is -0.259. The van der Waals surface area contributed by atoms with E-state index in [0.717, 1.165) is 0 Å². The average Bonchev–Trinajstić information content (AvgIpc) is 3.10. The van der Waals surface area contributed by atoms with Gasteiger partial charge in [0.2, 0.25) is 5.91 Å². The van der Waals surface area contributed by atoms with E-state index in [9.17, 15) is 9.18 Å². The number of hydrogen-bond donors (Lipinski definition) is 0. The van der Waals surface area contributed by atoms with E-state index in [0.29, 0.717) is 38.3 Å². The summed E-state index contributed by atoms with van der Waals surface area (Å²) in [6, 6.07) is 8.34. The van der Waals surface area contributed by atoms with Crippen LogP contribution in [0.3, 0.4) is 0 Å². The molecule has 1 aromatic carbocycles. The average molecular weight is 316 g/mol.